The minimum Gasteiger partial charge on any atom is -0.481 e. The van der Waals surface area contributed by atoms with E-state index in [4.69, 9.17) is 5.11 Å². The molecule has 2 fully saturated rings. The van der Waals surface area contributed by atoms with Gasteiger partial charge in [0.05, 0.1) is 0 Å². The van der Waals surface area contributed by atoms with Gasteiger partial charge in [0.25, 0.3) is 0 Å². The molecule has 2 N–H and O–H groups in total. The van der Waals surface area contributed by atoms with Gasteiger partial charge in [-0.1, -0.05) is 6.92 Å². The predicted molar refractivity (Wildman–Crippen MR) is 63.5 cm³/mol. The molecule has 2 rings (SSSR count). The molecule has 0 bridgehead atoms. The molecule has 0 aromatic heterocycles. The number of carbonyl (C=O) groups excluding carboxylic acids is 1. The Hall–Kier alpha value is -1.06. The van der Waals surface area contributed by atoms with Gasteiger partial charge in [-0.15, -0.1) is 0 Å². The van der Waals surface area contributed by atoms with Crippen molar-refractivity contribution in [3.8, 4) is 0 Å². The maximum atomic E-state index is 11.8. The molecule has 4 nitrogen and oxygen atoms in total. The summed E-state index contributed by atoms with van der Waals surface area (Å²) >= 11 is 0. The Kier molecular flexibility index (Phi) is 3.40. The number of amides is 1. The van der Waals surface area contributed by atoms with Crippen LogP contribution in [0.3, 0.4) is 0 Å². The third kappa shape index (κ3) is 3.20. The number of rotatable bonds is 4. The molecule has 0 aromatic rings. The highest BCUT2D eigenvalue weighted by atomic mass is 16.4. The number of hydrogen-bond donors (Lipinski definition) is 2. The first kappa shape index (κ1) is 12.4. The van der Waals surface area contributed by atoms with Crippen molar-refractivity contribution >= 4 is 11.9 Å². The highest BCUT2D eigenvalue weighted by Gasteiger charge is 2.45. The first-order chi connectivity index (χ1) is 7.99. The molecule has 0 radical (unpaired) electrons. The van der Waals surface area contributed by atoms with Crippen molar-refractivity contribution in [2.45, 2.75) is 57.9 Å². The molecule has 0 atom stereocenters. The molecule has 0 unspecified atom stereocenters. The second kappa shape index (κ2) is 4.67. The van der Waals surface area contributed by atoms with E-state index in [2.05, 4.69) is 5.32 Å². The summed E-state index contributed by atoms with van der Waals surface area (Å²) in [4.78, 5) is 22.4. The van der Waals surface area contributed by atoms with Crippen molar-refractivity contribution in [1.82, 2.24) is 5.32 Å². The molecule has 0 aliphatic heterocycles. The number of carbonyl (C=O) groups is 2. The fourth-order valence-electron chi connectivity index (χ4n) is 2.53. The van der Waals surface area contributed by atoms with Gasteiger partial charge in [-0.2, -0.15) is 0 Å². The van der Waals surface area contributed by atoms with Crippen molar-refractivity contribution in [1.29, 1.82) is 0 Å². The molecule has 2 saturated carbocycles. The largest absolute Gasteiger partial charge is 0.481 e. The fraction of sp³-hybridized carbons (Fsp3) is 0.846. The fourth-order valence-corrected chi connectivity index (χ4v) is 2.53. The topological polar surface area (TPSA) is 66.4 Å². The Morgan fingerprint density at radius 3 is 2.29 bits per heavy atom. The van der Waals surface area contributed by atoms with E-state index in [9.17, 15) is 9.59 Å². The van der Waals surface area contributed by atoms with Gasteiger partial charge in [0, 0.05) is 17.9 Å². The maximum Gasteiger partial charge on any atom is 0.303 e. The van der Waals surface area contributed by atoms with Crippen LogP contribution in [0, 0.1) is 11.3 Å². The predicted octanol–water partition coefficient (Wildman–Crippen LogP) is 1.94. The molecule has 17 heavy (non-hydrogen) atoms. The Bertz CT molecular complexity index is 315. The first-order valence-electron chi connectivity index (χ1n) is 6.52. The molecular formula is C13H21NO3. The van der Waals surface area contributed by atoms with E-state index < -0.39 is 5.97 Å². The van der Waals surface area contributed by atoms with E-state index in [1.54, 1.807) is 0 Å². The Labute approximate surface area is 102 Å². The highest BCUT2D eigenvalue weighted by molar-refractivity contribution is 5.85. The zero-order valence-electron chi connectivity index (χ0n) is 10.4. The molecule has 1 amide bonds. The molecular weight excluding hydrogens is 218 g/mol. The van der Waals surface area contributed by atoms with Crippen LogP contribution in [0.5, 0.6) is 0 Å². The normalized spacial score (nSPS) is 30.6. The molecule has 0 heterocycles. The monoisotopic (exact) mass is 239 g/mol. The van der Waals surface area contributed by atoms with E-state index in [1.807, 2.05) is 6.92 Å². The lowest BCUT2D eigenvalue weighted by atomic mass is 9.84. The third-order valence-corrected chi connectivity index (χ3v) is 4.19. The first-order valence-corrected chi connectivity index (χ1v) is 6.52. The van der Waals surface area contributed by atoms with Gasteiger partial charge in [0.1, 0.15) is 0 Å². The molecule has 2 aliphatic carbocycles. The van der Waals surface area contributed by atoms with Gasteiger partial charge in [-0.25, -0.2) is 0 Å². The summed E-state index contributed by atoms with van der Waals surface area (Å²) in [5.74, 6) is -0.209. The summed E-state index contributed by atoms with van der Waals surface area (Å²) in [5.41, 5.74) is -0.0993. The molecule has 96 valence electrons. The number of hydrogen-bond acceptors (Lipinski definition) is 2. The SMILES string of the molecule is CC1(C(=O)NC2CCC(CC(=O)O)CC2)CC1. The second-order valence-electron chi connectivity index (χ2n) is 5.85. The molecule has 4 heteroatoms. The van der Waals surface area contributed by atoms with Crippen molar-refractivity contribution in [2.24, 2.45) is 11.3 Å². The maximum absolute atomic E-state index is 11.8. The van der Waals surface area contributed by atoms with Gasteiger partial charge in [0.2, 0.25) is 5.91 Å². The summed E-state index contributed by atoms with van der Waals surface area (Å²) in [6, 6.07) is 0.268. The standard InChI is InChI=1S/C13H21NO3/c1-13(6-7-13)12(17)14-10-4-2-9(3-5-10)8-11(15)16/h9-10H,2-8H2,1H3,(H,14,17)(H,15,16). The van der Waals surface area contributed by atoms with Crippen molar-refractivity contribution in [2.75, 3.05) is 0 Å². The molecule has 2 aliphatic rings. The number of nitrogens with one attached hydrogen (secondary N) is 1. The highest BCUT2D eigenvalue weighted by Crippen LogP contribution is 2.45. The van der Waals surface area contributed by atoms with E-state index in [1.165, 1.54) is 0 Å². The number of carboxylic acid groups (broad SMARTS) is 1. The van der Waals surface area contributed by atoms with E-state index >= 15 is 0 Å². The average molecular weight is 239 g/mol. The van der Waals surface area contributed by atoms with Crippen LogP contribution in [0.15, 0.2) is 0 Å². The summed E-state index contributed by atoms with van der Waals surface area (Å²) in [5, 5.41) is 11.8. The van der Waals surface area contributed by atoms with Crippen LogP contribution in [0.25, 0.3) is 0 Å². The average Bonchev–Trinajstić information content (AvgIpc) is 3.00. The minimum absolute atomic E-state index is 0.0993. The van der Waals surface area contributed by atoms with Crippen molar-refractivity contribution in [3.63, 3.8) is 0 Å². The Balaban J connectivity index is 1.72. The summed E-state index contributed by atoms with van der Waals surface area (Å²) in [6.07, 6.45) is 6.00. The van der Waals surface area contributed by atoms with Crippen LogP contribution in [0.2, 0.25) is 0 Å². The van der Waals surface area contributed by atoms with Crippen molar-refractivity contribution in [3.05, 3.63) is 0 Å². The van der Waals surface area contributed by atoms with Gasteiger partial charge < -0.3 is 10.4 Å². The van der Waals surface area contributed by atoms with Crippen LogP contribution >= 0.6 is 0 Å². The van der Waals surface area contributed by atoms with Gasteiger partial charge in [-0.3, -0.25) is 9.59 Å². The lowest BCUT2D eigenvalue weighted by molar-refractivity contribution is -0.138. The lowest BCUT2D eigenvalue weighted by Gasteiger charge is -2.29. The van der Waals surface area contributed by atoms with E-state index in [0.29, 0.717) is 5.92 Å². The van der Waals surface area contributed by atoms with Crippen molar-refractivity contribution < 1.29 is 14.7 Å². The van der Waals surface area contributed by atoms with Gasteiger partial charge >= 0.3 is 5.97 Å². The van der Waals surface area contributed by atoms with Crippen LogP contribution in [-0.2, 0) is 9.59 Å². The molecule has 0 saturated heterocycles. The van der Waals surface area contributed by atoms with Crippen LogP contribution < -0.4 is 5.32 Å². The zero-order chi connectivity index (χ0) is 12.5. The summed E-state index contributed by atoms with van der Waals surface area (Å²) in [6.45, 7) is 2.01. The lowest BCUT2D eigenvalue weighted by Crippen LogP contribution is -2.41. The minimum atomic E-state index is -0.706. The van der Waals surface area contributed by atoms with Gasteiger partial charge in [0.15, 0.2) is 0 Å². The van der Waals surface area contributed by atoms with Gasteiger partial charge in [-0.05, 0) is 44.4 Å². The summed E-state index contributed by atoms with van der Waals surface area (Å²) < 4.78 is 0. The number of aliphatic carboxylic acids is 1. The quantitative estimate of drug-likeness (QED) is 0.787. The van der Waals surface area contributed by atoms with Crippen LogP contribution in [0.4, 0.5) is 0 Å². The van der Waals surface area contributed by atoms with E-state index in [0.717, 1.165) is 38.5 Å². The Morgan fingerprint density at radius 1 is 1.24 bits per heavy atom. The second-order valence-corrected chi connectivity index (χ2v) is 5.85. The third-order valence-electron chi connectivity index (χ3n) is 4.19. The molecule has 0 spiro atoms. The van der Waals surface area contributed by atoms with Crippen LogP contribution in [0.1, 0.15) is 51.9 Å². The Morgan fingerprint density at radius 2 is 1.82 bits per heavy atom. The molecule has 0 aromatic carbocycles. The number of carboxylic acids is 1. The smallest absolute Gasteiger partial charge is 0.303 e. The van der Waals surface area contributed by atoms with E-state index in [-0.39, 0.29) is 23.8 Å². The summed E-state index contributed by atoms with van der Waals surface area (Å²) in [7, 11) is 0. The van der Waals surface area contributed by atoms with Crippen LogP contribution in [-0.4, -0.2) is 23.0 Å². The zero-order valence-corrected chi connectivity index (χ0v) is 10.4.